The number of hydrogen-bond acceptors (Lipinski definition) is 2. The van der Waals surface area contributed by atoms with E-state index in [2.05, 4.69) is 21.2 Å². The first-order chi connectivity index (χ1) is 9.49. The second-order valence-electron chi connectivity index (χ2n) is 4.32. The van der Waals surface area contributed by atoms with Gasteiger partial charge in [-0.05, 0) is 64.8 Å². The Labute approximate surface area is 124 Å². The zero-order valence-electron chi connectivity index (χ0n) is 11.0. The van der Waals surface area contributed by atoms with Crippen LogP contribution < -0.4 is 10.1 Å². The van der Waals surface area contributed by atoms with Crippen LogP contribution >= 0.6 is 15.9 Å². The van der Waals surface area contributed by atoms with E-state index in [1.807, 2.05) is 0 Å². The summed E-state index contributed by atoms with van der Waals surface area (Å²) in [7, 11) is 1.53. The number of carbonyl (C=O) groups is 1. The average molecular weight is 338 g/mol. The van der Waals surface area contributed by atoms with Crippen LogP contribution in [0.4, 0.5) is 10.1 Å². The Kier molecular flexibility index (Phi) is 4.39. The Morgan fingerprint density at radius 2 is 2.00 bits per heavy atom. The van der Waals surface area contributed by atoms with Crippen molar-refractivity contribution in [1.82, 2.24) is 0 Å². The van der Waals surface area contributed by atoms with Crippen molar-refractivity contribution in [1.29, 1.82) is 0 Å². The highest BCUT2D eigenvalue weighted by atomic mass is 79.9. The molecule has 2 aromatic carbocycles. The molecule has 0 heterocycles. The van der Waals surface area contributed by atoms with Gasteiger partial charge in [-0.2, -0.15) is 0 Å². The molecule has 0 aliphatic carbocycles. The Hall–Kier alpha value is -1.88. The summed E-state index contributed by atoms with van der Waals surface area (Å²) in [5.74, 6) is -0.139. The first kappa shape index (κ1) is 14.5. The molecule has 0 atom stereocenters. The molecule has 0 saturated heterocycles. The first-order valence-corrected chi connectivity index (χ1v) is 6.71. The van der Waals surface area contributed by atoms with E-state index in [1.54, 1.807) is 31.2 Å². The van der Waals surface area contributed by atoms with Gasteiger partial charge in [0.05, 0.1) is 12.7 Å². The maximum Gasteiger partial charge on any atom is 0.256 e. The van der Waals surface area contributed by atoms with E-state index in [9.17, 15) is 9.18 Å². The third-order valence-corrected chi connectivity index (χ3v) is 3.41. The van der Waals surface area contributed by atoms with Gasteiger partial charge in [-0.1, -0.05) is 0 Å². The second kappa shape index (κ2) is 6.05. The highest BCUT2D eigenvalue weighted by molar-refractivity contribution is 9.10. The molecule has 0 unspecified atom stereocenters. The number of methoxy groups -OCH3 is 1. The van der Waals surface area contributed by atoms with Crippen LogP contribution in [0.1, 0.15) is 15.9 Å². The molecule has 0 radical (unpaired) electrons. The summed E-state index contributed by atoms with van der Waals surface area (Å²) >= 11 is 3.31. The van der Waals surface area contributed by atoms with Gasteiger partial charge in [-0.15, -0.1) is 0 Å². The Morgan fingerprint density at radius 1 is 1.25 bits per heavy atom. The van der Waals surface area contributed by atoms with Crippen LogP contribution in [0, 0.1) is 12.7 Å². The number of anilines is 1. The molecule has 1 N–H and O–H groups in total. The van der Waals surface area contributed by atoms with Crippen LogP contribution in [0.25, 0.3) is 0 Å². The predicted molar refractivity (Wildman–Crippen MR) is 79.8 cm³/mol. The third-order valence-electron chi connectivity index (χ3n) is 2.72. The van der Waals surface area contributed by atoms with Crippen molar-refractivity contribution >= 4 is 27.5 Å². The van der Waals surface area contributed by atoms with Crippen molar-refractivity contribution in [3.8, 4) is 5.75 Å². The number of nitrogens with one attached hydrogen (secondary N) is 1. The van der Waals surface area contributed by atoms with Crippen LogP contribution in [-0.2, 0) is 0 Å². The van der Waals surface area contributed by atoms with Crippen LogP contribution in [0.15, 0.2) is 40.9 Å². The molecule has 0 aromatic heterocycles. The normalized spacial score (nSPS) is 10.2. The molecule has 0 spiro atoms. The number of benzene rings is 2. The van der Waals surface area contributed by atoms with Crippen molar-refractivity contribution < 1.29 is 13.9 Å². The lowest BCUT2D eigenvalue weighted by atomic mass is 10.1. The minimum absolute atomic E-state index is 0.333. The topological polar surface area (TPSA) is 38.3 Å². The van der Waals surface area contributed by atoms with Crippen LogP contribution in [0.2, 0.25) is 0 Å². The molecule has 5 heteroatoms. The van der Waals surface area contributed by atoms with E-state index in [4.69, 9.17) is 4.74 Å². The summed E-state index contributed by atoms with van der Waals surface area (Å²) < 4.78 is 19.0. The molecule has 104 valence electrons. The summed E-state index contributed by atoms with van der Waals surface area (Å²) in [4.78, 5) is 12.2. The largest absolute Gasteiger partial charge is 0.497 e. The van der Waals surface area contributed by atoms with Gasteiger partial charge in [0.2, 0.25) is 0 Å². The molecule has 20 heavy (non-hydrogen) atoms. The molecule has 2 rings (SSSR count). The van der Waals surface area contributed by atoms with E-state index in [0.717, 1.165) is 5.56 Å². The van der Waals surface area contributed by atoms with E-state index in [1.165, 1.54) is 19.2 Å². The quantitative estimate of drug-likeness (QED) is 0.913. The summed E-state index contributed by atoms with van der Waals surface area (Å²) in [5, 5.41) is 2.67. The predicted octanol–water partition coefficient (Wildman–Crippen LogP) is 4.16. The maximum absolute atomic E-state index is 13.3. The van der Waals surface area contributed by atoms with E-state index < -0.39 is 0 Å². The molecule has 2 aromatic rings. The van der Waals surface area contributed by atoms with E-state index in [-0.39, 0.29) is 11.7 Å². The summed E-state index contributed by atoms with van der Waals surface area (Å²) in [5.41, 5.74) is 1.58. The third kappa shape index (κ3) is 3.36. The van der Waals surface area contributed by atoms with Crippen molar-refractivity contribution in [3.63, 3.8) is 0 Å². The van der Waals surface area contributed by atoms with Crippen LogP contribution in [-0.4, -0.2) is 13.0 Å². The number of amides is 1. The zero-order valence-corrected chi connectivity index (χ0v) is 12.6. The molecular weight excluding hydrogens is 325 g/mol. The number of hydrogen-bond donors (Lipinski definition) is 1. The fraction of sp³-hybridized carbons (Fsp3) is 0.133. The van der Waals surface area contributed by atoms with Crippen molar-refractivity contribution in [3.05, 3.63) is 57.8 Å². The zero-order chi connectivity index (χ0) is 14.7. The Balaban J connectivity index is 2.27. The average Bonchev–Trinajstić information content (AvgIpc) is 2.37. The van der Waals surface area contributed by atoms with Crippen molar-refractivity contribution in [2.45, 2.75) is 6.92 Å². The maximum atomic E-state index is 13.3. The highest BCUT2D eigenvalue weighted by Gasteiger charge is 2.12. The van der Waals surface area contributed by atoms with E-state index in [0.29, 0.717) is 21.5 Å². The molecule has 0 aliphatic heterocycles. The van der Waals surface area contributed by atoms with Crippen molar-refractivity contribution in [2.24, 2.45) is 0 Å². The number of aryl methyl sites for hydroxylation is 1. The molecule has 3 nitrogen and oxygen atoms in total. The Bertz CT molecular complexity index is 638. The fourth-order valence-corrected chi connectivity index (χ4v) is 2.24. The fourth-order valence-electron chi connectivity index (χ4n) is 1.81. The van der Waals surface area contributed by atoms with Crippen LogP contribution in [0.5, 0.6) is 5.75 Å². The van der Waals surface area contributed by atoms with Crippen molar-refractivity contribution in [2.75, 3.05) is 12.4 Å². The monoisotopic (exact) mass is 337 g/mol. The van der Waals surface area contributed by atoms with Gasteiger partial charge >= 0.3 is 0 Å². The summed E-state index contributed by atoms with van der Waals surface area (Å²) in [6, 6.07) is 9.47. The molecule has 0 aliphatic rings. The highest BCUT2D eigenvalue weighted by Crippen LogP contribution is 2.24. The standard InChI is InChI=1S/C15H13BrFNO2/c1-9-5-10(17)7-11(6-9)18-15(19)13-8-12(20-2)3-4-14(13)16/h3-8H,1-2H3,(H,18,19). The Morgan fingerprint density at radius 3 is 2.65 bits per heavy atom. The first-order valence-electron chi connectivity index (χ1n) is 5.91. The summed E-state index contributed by atoms with van der Waals surface area (Å²) in [6.45, 7) is 1.76. The van der Waals surface area contributed by atoms with Gasteiger partial charge < -0.3 is 10.1 Å². The number of rotatable bonds is 3. The molecule has 0 saturated carbocycles. The van der Waals surface area contributed by atoms with Gasteiger partial charge in [-0.25, -0.2) is 4.39 Å². The van der Waals surface area contributed by atoms with Gasteiger partial charge in [0, 0.05) is 10.2 Å². The minimum atomic E-state index is -0.384. The van der Waals surface area contributed by atoms with Gasteiger partial charge in [0.15, 0.2) is 0 Å². The summed E-state index contributed by atoms with van der Waals surface area (Å²) in [6.07, 6.45) is 0. The number of ether oxygens (including phenoxy) is 1. The molecular formula is C15H13BrFNO2. The molecule has 0 fully saturated rings. The lowest BCUT2D eigenvalue weighted by Gasteiger charge is -2.09. The number of carbonyl (C=O) groups excluding carboxylic acids is 1. The van der Waals surface area contributed by atoms with Crippen LogP contribution in [0.3, 0.4) is 0 Å². The smallest absolute Gasteiger partial charge is 0.256 e. The lowest BCUT2D eigenvalue weighted by Crippen LogP contribution is -2.13. The molecule has 0 bridgehead atoms. The second-order valence-corrected chi connectivity index (χ2v) is 5.17. The lowest BCUT2D eigenvalue weighted by molar-refractivity contribution is 0.102. The molecule has 1 amide bonds. The number of halogens is 2. The van der Waals surface area contributed by atoms with Gasteiger partial charge in [0.25, 0.3) is 5.91 Å². The van der Waals surface area contributed by atoms with E-state index >= 15 is 0 Å². The van der Waals surface area contributed by atoms with Gasteiger partial charge in [0.1, 0.15) is 11.6 Å². The minimum Gasteiger partial charge on any atom is -0.497 e. The SMILES string of the molecule is COc1ccc(Br)c(C(=O)Nc2cc(C)cc(F)c2)c1. The van der Waals surface area contributed by atoms with Gasteiger partial charge in [-0.3, -0.25) is 4.79 Å².